The molecule has 0 saturated heterocycles. The lowest BCUT2D eigenvalue weighted by atomic mass is 10.2. The predicted molar refractivity (Wildman–Crippen MR) is 78.7 cm³/mol. The van der Waals surface area contributed by atoms with Gasteiger partial charge in [-0.3, -0.25) is 10.1 Å². The van der Waals surface area contributed by atoms with Gasteiger partial charge in [0.2, 0.25) is 0 Å². The molecule has 0 unspecified atom stereocenters. The Hall–Kier alpha value is -1.66. The van der Waals surface area contributed by atoms with Gasteiger partial charge < -0.3 is 4.42 Å². The van der Waals surface area contributed by atoms with Crippen molar-refractivity contribution in [1.82, 2.24) is 4.98 Å². The molecule has 1 amide bonds. The first-order valence-electron chi connectivity index (χ1n) is 5.55. The molecule has 2 aromatic heterocycles. The van der Waals surface area contributed by atoms with Crippen LogP contribution in [0.25, 0.3) is 11.0 Å². The van der Waals surface area contributed by atoms with Crippen molar-refractivity contribution in [2.75, 3.05) is 5.32 Å². The summed E-state index contributed by atoms with van der Waals surface area (Å²) in [5, 5.41) is 6.05. The molecule has 1 aromatic carbocycles. The number of benzene rings is 1. The number of nitrogens with one attached hydrogen (secondary N) is 1. The minimum atomic E-state index is -0.294. The van der Waals surface area contributed by atoms with Gasteiger partial charge in [-0.1, -0.05) is 12.1 Å². The highest BCUT2D eigenvalue weighted by Crippen LogP contribution is 2.27. The fourth-order valence-corrected chi connectivity index (χ4v) is 2.86. The Morgan fingerprint density at radius 3 is 3.00 bits per heavy atom. The normalized spacial score (nSPS) is 10.8. The SMILES string of the molecule is Cc1csc(NC(=O)c2cc3cccc(Br)c3o2)n1. The van der Waals surface area contributed by atoms with Crippen LogP contribution in [0.1, 0.15) is 16.2 Å². The minimum Gasteiger partial charge on any atom is -0.450 e. The molecule has 0 fully saturated rings. The molecule has 3 rings (SSSR count). The van der Waals surface area contributed by atoms with Gasteiger partial charge in [0.25, 0.3) is 5.91 Å². The predicted octanol–water partition coefficient (Wildman–Crippen LogP) is 4.21. The van der Waals surface area contributed by atoms with Crippen molar-refractivity contribution < 1.29 is 9.21 Å². The molecular formula is C13H9BrN2O2S. The molecule has 3 aromatic rings. The molecule has 0 bridgehead atoms. The van der Waals surface area contributed by atoms with E-state index < -0.39 is 0 Å². The van der Waals surface area contributed by atoms with E-state index in [0.29, 0.717) is 10.7 Å². The van der Waals surface area contributed by atoms with Gasteiger partial charge in [-0.2, -0.15) is 0 Å². The van der Waals surface area contributed by atoms with Crippen LogP contribution >= 0.6 is 27.3 Å². The summed E-state index contributed by atoms with van der Waals surface area (Å²) in [4.78, 5) is 16.2. The zero-order valence-electron chi connectivity index (χ0n) is 9.94. The Morgan fingerprint density at radius 2 is 2.32 bits per heavy atom. The van der Waals surface area contributed by atoms with E-state index in [0.717, 1.165) is 15.6 Å². The molecular weight excluding hydrogens is 328 g/mol. The molecule has 0 saturated carbocycles. The maximum absolute atomic E-state index is 12.1. The quantitative estimate of drug-likeness (QED) is 0.762. The largest absolute Gasteiger partial charge is 0.450 e. The van der Waals surface area contributed by atoms with Crippen LogP contribution < -0.4 is 5.32 Å². The van der Waals surface area contributed by atoms with Crippen LogP contribution in [0.4, 0.5) is 5.13 Å². The molecule has 19 heavy (non-hydrogen) atoms. The molecule has 4 nitrogen and oxygen atoms in total. The van der Waals surface area contributed by atoms with Crippen LogP contribution in [0.15, 0.2) is 38.5 Å². The first-order valence-corrected chi connectivity index (χ1v) is 7.22. The lowest BCUT2D eigenvalue weighted by molar-refractivity contribution is 0.0998. The molecule has 96 valence electrons. The van der Waals surface area contributed by atoms with Gasteiger partial charge in [0, 0.05) is 10.8 Å². The number of nitrogens with zero attached hydrogens (tertiary/aromatic N) is 1. The number of thiazole rings is 1. The Morgan fingerprint density at radius 1 is 1.47 bits per heavy atom. The lowest BCUT2D eigenvalue weighted by Crippen LogP contribution is -2.10. The van der Waals surface area contributed by atoms with Crippen molar-refractivity contribution in [2.45, 2.75) is 6.92 Å². The average Bonchev–Trinajstić information content (AvgIpc) is 2.96. The molecule has 6 heteroatoms. The van der Waals surface area contributed by atoms with Gasteiger partial charge in [-0.15, -0.1) is 11.3 Å². The van der Waals surface area contributed by atoms with Crippen molar-refractivity contribution in [3.63, 3.8) is 0 Å². The van der Waals surface area contributed by atoms with Gasteiger partial charge in [-0.05, 0) is 35.0 Å². The number of aromatic nitrogens is 1. The zero-order chi connectivity index (χ0) is 13.4. The first kappa shape index (κ1) is 12.4. The number of hydrogen-bond acceptors (Lipinski definition) is 4. The summed E-state index contributed by atoms with van der Waals surface area (Å²) in [5.74, 6) is -0.0211. The number of furan rings is 1. The summed E-state index contributed by atoms with van der Waals surface area (Å²) >= 11 is 4.78. The van der Waals surface area contributed by atoms with Crippen LogP contribution in [-0.2, 0) is 0 Å². The molecule has 0 aliphatic carbocycles. The zero-order valence-corrected chi connectivity index (χ0v) is 12.3. The van der Waals surface area contributed by atoms with Gasteiger partial charge in [0.15, 0.2) is 10.9 Å². The van der Waals surface area contributed by atoms with Crippen molar-refractivity contribution in [1.29, 1.82) is 0 Å². The van der Waals surface area contributed by atoms with Crippen molar-refractivity contribution >= 4 is 49.3 Å². The van der Waals surface area contributed by atoms with E-state index >= 15 is 0 Å². The maximum Gasteiger partial charge on any atom is 0.293 e. The number of carbonyl (C=O) groups excluding carboxylic acids is 1. The van der Waals surface area contributed by atoms with Crippen LogP contribution in [0.2, 0.25) is 0 Å². The van der Waals surface area contributed by atoms with E-state index in [-0.39, 0.29) is 11.7 Å². The highest BCUT2D eigenvalue weighted by Gasteiger charge is 2.14. The van der Waals surface area contributed by atoms with Crippen LogP contribution in [0, 0.1) is 6.92 Å². The third-order valence-corrected chi connectivity index (χ3v) is 4.06. The van der Waals surface area contributed by atoms with E-state index in [1.165, 1.54) is 11.3 Å². The van der Waals surface area contributed by atoms with Crippen molar-refractivity contribution in [3.05, 3.63) is 45.6 Å². The van der Waals surface area contributed by atoms with Crippen molar-refractivity contribution in [3.8, 4) is 0 Å². The number of fused-ring (bicyclic) bond motifs is 1. The second-order valence-electron chi connectivity index (χ2n) is 4.02. The van der Waals surface area contributed by atoms with Crippen LogP contribution in [0.3, 0.4) is 0 Å². The van der Waals surface area contributed by atoms with Gasteiger partial charge in [-0.25, -0.2) is 4.98 Å². The summed E-state index contributed by atoms with van der Waals surface area (Å²) in [6, 6.07) is 7.38. The lowest BCUT2D eigenvalue weighted by Gasteiger charge is -1.96. The Kier molecular flexibility index (Phi) is 3.12. The first-order chi connectivity index (χ1) is 9.13. The monoisotopic (exact) mass is 336 g/mol. The number of halogens is 1. The fraction of sp³-hybridized carbons (Fsp3) is 0.0769. The number of carbonyl (C=O) groups is 1. The standard InChI is InChI=1S/C13H9BrN2O2S/c1-7-6-19-13(15-7)16-12(17)10-5-8-3-2-4-9(14)11(8)18-10/h2-6H,1H3,(H,15,16,17). The molecule has 1 N–H and O–H groups in total. The number of amides is 1. The third-order valence-electron chi connectivity index (χ3n) is 2.56. The van der Waals surface area contributed by atoms with Crippen LogP contribution in [-0.4, -0.2) is 10.9 Å². The topological polar surface area (TPSA) is 55.1 Å². The smallest absolute Gasteiger partial charge is 0.293 e. The van der Waals surface area contributed by atoms with E-state index in [2.05, 4.69) is 26.2 Å². The fourth-order valence-electron chi connectivity index (χ4n) is 1.71. The number of aryl methyl sites for hydroxylation is 1. The Balaban J connectivity index is 1.91. The van der Waals surface area contributed by atoms with E-state index in [1.807, 2.05) is 30.5 Å². The van der Waals surface area contributed by atoms with Gasteiger partial charge >= 0.3 is 0 Å². The van der Waals surface area contributed by atoms with E-state index in [9.17, 15) is 4.79 Å². The Bertz CT molecular complexity index is 763. The molecule has 0 aliphatic heterocycles. The second kappa shape index (κ2) is 4.79. The number of para-hydroxylation sites is 1. The summed E-state index contributed by atoms with van der Waals surface area (Å²) in [7, 11) is 0. The van der Waals surface area contributed by atoms with E-state index in [1.54, 1.807) is 6.07 Å². The molecule has 0 aliphatic rings. The Labute approximate surface area is 121 Å². The van der Waals surface area contributed by atoms with Crippen LogP contribution in [0.5, 0.6) is 0 Å². The summed E-state index contributed by atoms with van der Waals surface area (Å²) < 4.78 is 6.39. The minimum absolute atomic E-state index is 0.273. The molecule has 2 heterocycles. The highest BCUT2D eigenvalue weighted by molar-refractivity contribution is 9.10. The third kappa shape index (κ3) is 2.41. The number of hydrogen-bond donors (Lipinski definition) is 1. The second-order valence-corrected chi connectivity index (χ2v) is 5.73. The number of rotatable bonds is 2. The average molecular weight is 337 g/mol. The summed E-state index contributed by atoms with van der Waals surface area (Å²) in [6.45, 7) is 1.88. The summed E-state index contributed by atoms with van der Waals surface area (Å²) in [6.07, 6.45) is 0. The molecule has 0 spiro atoms. The number of anilines is 1. The van der Waals surface area contributed by atoms with Crippen molar-refractivity contribution in [2.24, 2.45) is 0 Å². The molecule has 0 radical (unpaired) electrons. The molecule has 0 atom stereocenters. The highest BCUT2D eigenvalue weighted by atomic mass is 79.9. The van der Waals surface area contributed by atoms with Gasteiger partial charge in [0.05, 0.1) is 10.2 Å². The maximum atomic E-state index is 12.1. The summed E-state index contributed by atoms with van der Waals surface area (Å²) in [5.41, 5.74) is 1.55. The van der Waals surface area contributed by atoms with E-state index in [4.69, 9.17) is 4.42 Å². The van der Waals surface area contributed by atoms with Gasteiger partial charge in [0.1, 0.15) is 5.58 Å².